The van der Waals surface area contributed by atoms with Crippen LogP contribution in [0.4, 0.5) is 0 Å². The molecule has 1 aliphatic carbocycles. The van der Waals surface area contributed by atoms with Gasteiger partial charge in [-0.2, -0.15) is 0 Å². The molecule has 1 unspecified atom stereocenters. The van der Waals surface area contributed by atoms with E-state index >= 15 is 0 Å². The van der Waals surface area contributed by atoms with Crippen LogP contribution in [0.1, 0.15) is 66.4 Å². The van der Waals surface area contributed by atoms with E-state index in [0.717, 1.165) is 12.5 Å². The van der Waals surface area contributed by atoms with Gasteiger partial charge in [0.1, 0.15) is 0 Å². The summed E-state index contributed by atoms with van der Waals surface area (Å²) in [4.78, 5) is 6.35. The molecule has 96 valence electrons. The first-order valence-electron chi connectivity index (χ1n) is 6.88. The minimum atomic E-state index is 0.646. The Labute approximate surface area is 109 Å². The zero-order chi connectivity index (χ0) is 12.3. The van der Waals surface area contributed by atoms with Gasteiger partial charge in [-0.25, -0.2) is 4.98 Å². The van der Waals surface area contributed by atoms with Gasteiger partial charge in [-0.15, -0.1) is 11.3 Å². The minimum Gasteiger partial charge on any atom is -0.319 e. The van der Waals surface area contributed by atoms with E-state index in [1.165, 1.54) is 47.7 Å². The Morgan fingerprint density at radius 3 is 2.71 bits per heavy atom. The lowest BCUT2D eigenvalue weighted by Gasteiger charge is -2.12. The average molecular weight is 252 g/mol. The Morgan fingerprint density at radius 2 is 2.12 bits per heavy atom. The van der Waals surface area contributed by atoms with Crippen molar-refractivity contribution in [3.8, 4) is 0 Å². The third kappa shape index (κ3) is 2.89. The van der Waals surface area contributed by atoms with Crippen molar-refractivity contribution in [3.63, 3.8) is 0 Å². The standard InChI is InChI=1S/C14H24N2S/c1-4-11(9-15-3)13-10(2)16-14(17-13)12-7-5-6-8-12/h11-12,15H,4-9H2,1-3H3. The molecule has 1 aromatic rings. The van der Waals surface area contributed by atoms with Crippen LogP contribution < -0.4 is 5.32 Å². The van der Waals surface area contributed by atoms with E-state index in [1.807, 2.05) is 18.4 Å². The summed E-state index contributed by atoms with van der Waals surface area (Å²) in [5.41, 5.74) is 1.28. The predicted octanol–water partition coefficient (Wildman–Crippen LogP) is 3.82. The molecule has 3 heteroatoms. The van der Waals surface area contributed by atoms with E-state index in [1.54, 1.807) is 0 Å². The molecule has 1 atom stereocenters. The summed E-state index contributed by atoms with van der Waals surface area (Å²) in [6, 6.07) is 0. The van der Waals surface area contributed by atoms with Gasteiger partial charge in [0.05, 0.1) is 10.7 Å². The fourth-order valence-electron chi connectivity index (χ4n) is 2.82. The van der Waals surface area contributed by atoms with Crippen LogP contribution in [0.2, 0.25) is 0 Å². The van der Waals surface area contributed by atoms with Crippen molar-refractivity contribution in [2.45, 2.75) is 57.8 Å². The molecule has 0 aromatic carbocycles. The molecule has 2 nitrogen and oxygen atoms in total. The lowest BCUT2D eigenvalue weighted by Crippen LogP contribution is -2.16. The van der Waals surface area contributed by atoms with Crippen LogP contribution in [0.3, 0.4) is 0 Å². The van der Waals surface area contributed by atoms with Crippen molar-refractivity contribution >= 4 is 11.3 Å². The highest BCUT2D eigenvalue weighted by molar-refractivity contribution is 7.12. The number of nitrogens with one attached hydrogen (secondary N) is 1. The minimum absolute atomic E-state index is 0.646. The Bertz CT molecular complexity index is 353. The third-order valence-corrected chi connectivity index (χ3v) is 5.35. The topological polar surface area (TPSA) is 24.9 Å². The van der Waals surface area contributed by atoms with Crippen molar-refractivity contribution < 1.29 is 0 Å². The van der Waals surface area contributed by atoms with Gasteiger partial charge in [-0.1, -0.05) is 19.8 Å². The van der Waals surface area contributed by atoms with Crippen LogP contribution in [0.15, 0.2) is 0 Å². The fraction of sp³-hybridized carbons (Fsp3) is 0.786. The monoisotopic (exact) mass is 252 g/mol. The first-order chi connectivity index (χ1) is 8.26. The van der Waals surface area contributed by atoms with E-state index in [-0.39, 0.29) is 0 Å². The molecule has 1 aromatic heterocycles. The molecule has 0 spiro atoms. The smallest absolute Gasteiger partial charge is 0.0961 e. The maximum Gasteiger partial charge on any atom is 0.0961 e. The SMILES string of the molecule is CCC(CNC)c1sc(C2CCCC2)nc1C. The number of likely N-dealkylation sites (N-methyl/N-ethyl adjacent to an activating group) is 1. The largest absolute Gasteiger partial charge is 0.319 e. The van der Waals surface area contributed by atoms with Gasteiger partial charge in [0, 0.05) is 23.3 Å². The highest BCUT2D eigenvalue weighted by Crippen LogP contribution is 2.39. The molecule has 0 radical (unpaired) electrons. The zero-order valence-corrected chi connectivity index (χ0v) is 12.1. The van der Waals surface area contributed by atoms with Gasteiger partial charge in [-0.3, -0.25) is 0 Å². The normalized spacial score (nSPS) is 18.8. The molecule has 0 bridgehead atoms. The highest BCUT2D eigenvalue weighted by Gasteiger charge is 2.23. The summed E-state index contributed by atoms with van der Waals surface area (Å²) < 4.78 is 0. The van der Waals surface area contributed by atoms with Crippen molar-refractivity contribution in [1.29, 1.82) is 0 Å². The number of rotatable bonds is 5. The first-order valence-corrected chi connectivity index (χ1v) is 7.69. The molecular weight excluding hydrogens is 228 g/mol. The van der Waals surface area contributed by atoms with E-state index < -0.39 is 0 Å². The quantitative estimate of drug-likeness (QED) is 0.861. The van der Waals surface area contributed by atoms with Crippen LogP contribution in [0, 0.1) is 6.92 Å². The van der Waals surface area contributed by atoms with Crippen LogP contribution in [-0.4, -0.2) is 18.6 Å². The van der Waals surface area contributed by atoms with Crippen molar-refractivity contribution in [2.24, 2.45) is 0 Å². The zero-order valence-electron chi connectivity index (χ0n) is 11.3. The lowest BCUT2D eigenvalue weighted by atomic mass is 10.0. The van der Waals surface area contributed by atoms with Crippen LogP contribution >= 0.6 is 11.3 Å². The molecule has 1 saturated carbocycles. The molecule has 2 rings (SSSR count). The predicted molar refractivity (Wildman–Crippen MR) is 75.0 cm³/mol. The second-order valence-electron chi connectivity index (χ2n) is 5.15. The summed E-state index contributed by atoms with van der Waals surface area (Å²) in [5, 5.41) is 4.71. The highest BCUT2D eigenvalue weighted by atomic mass is 32.1. The Kier molecular flexibility index (Phi) is 4.57. The van der Waals surface area contributed by atoms with Gasteiger partial charge in [0.25, 0.3) is 0 Å². The molecule has 17 heavy (non-hydrogen) atoms. The summed E-state index contributed by atoms with van der Waals surface area (Å²) in [6.45, 7) is 5.53. The first kappa shape index (κ1) is 13.0. The van der Waals surface area contributed by atoms with Crippen LogP contribution in [0.5, 0.6) is 0 Å². The molecule has 1 fully saturated rings. The number of hydrogen-bond acceptors (Lipinski definition) is 3. The number of hydrogen-bond donors (Lipinski definition) is 1. The van der Waals surface area contributed by atoms with Crippen molar-refractivity contribution in [1.82, 2.24) is 10.3 Å². The maximum absolute atomic E-state index is 4.83. The third-order valence-electron chi connectivity index (χ3n) is 3.87. The van der Waals surface area contributed by atoms with E-state index in [9.17, 15) is 0 Å². The van der Waals surface area contributed by atoms with Gasteiger partial charge in [-0.05, 0) is 33.2 Å². The van der Waals surface area contributed by atoms with Crippen LogP contribution in [0.25, 0.3) is 0 Å². The Morgan fingerprint density at radius 1 is 1.41 bits per heavy atom. The second kappa shape index (κ2) is 5.96. The van der Waals surface area contributed by atoms with Gasteiger partial charge >= 0.3 is 0 Å². The number of nitrogens with zero attached hydrogens (tertiary/aromatic N) is 1. The Balaban J connectivity index is 2.16. The number of aromatic nitrogens is 1. The van der Waals surface area contributed by atoms with Crippen molar-refractivity contribution in [3.05, 3.63) is 15.6 Å². The fourth-order valence-corrected chi connectivity index (χ4v) is 4.24. The molecule has 0 saturated heterocycles. The summed E-state index contributed by atoms with van der Waals surface area (Å²) in [7, 11) is 2.04. The van der Waals surface area contributed by atoms with Gasteiger partial charge < -0.3 is 5.32 Å². The summed E-state index contributed by atoms with van der Waals surface area (Å²) in [6.07, 6.45) is 6.71. The summed E-state index contributed by atoms with van der Waals surface area (Å²) >= 11 is 1.98. The van der Waals surface area contributed by atoms with Crippen LogP contribution in [-0.2, 0) is 0 Å². The van der Waals surface area contributed by atoms with Gasteiger partial charge in [0.2, 0.25) is 0 Å². The molecule has 1 aliphatic rings. The molecule has 0 amide bonds. The number of thiazole rings is 1. The average Bonchev–Trinajstić information content (AvgIpc) is 2.95. The second-order valence-corrected chi connectivity index (χ2v) is 6.21. The number of aryl methyl sites for hydroxylation is 1. The Hall–Kier alpha value is -0.410. The molecule has 1 N–H and O–H groups in total. The van der Waals surface area contributed by atoms with E-state index in [0.29, 0.717) is 5.92 Å². The van der Waals surface area contributed by atoms with E-state index in [4.69, 9.17) is 4.98 Å². The molecule has 1 heterocycles. The van der Waals surface area contributed by atoms with Crippen molar-refractivity contribution in [2.75, 3.05) is 13.6 Å². The lowest BCUT2D eigenvalue weighted by molar-refractivity contribution is 0.616. The summed E-state index contributed by atoms with van der Waals surface area (Å²) in [5.74, 6) is 1.41. The molecule has 0 aliphatic heterocycles. The maximum atomic E-state index is 4.83. The molecular formula is C14H24N2S. The van der Waals surface area contributed by atoms with E-state index in [2.05, 4.69) is 19.2 Å². The van der Waals surface area contributed by atoms with Gasteiger partial charge in [0.15, 0.2) is 0 Å².